The zero-order chi connectivity index (χ0) is 22.5. The lowest BCUT2D eigenvalue weighted by atomic mass is 9.82. The molecule has 0 unspecified atom stereocenters. The van der Waals surface area contributed by atoms with E-state index in [1.807, 2.05) is 35.2 Å². The van der Waals surface area contributed by atoms with Crippen LogP contribution in [0.2, 0.25) is 0 Å². The van der Waals surface area contributed by atoms with E-state index in [-0.39, 0.29) is 42.9 Å². The van der Waals surface area contributed by atoms with Crippen LogP contribution in [-0.2, 0) is 11.3 Å². The Morgan fingerprint density at radius 1 is 0.829 bits per heavy atom. The molecule has 0 radical (unpaired) electrons. The van der Waals surface area contributed by atoms with E-state index in [9.17, 15) is 4.79 Å². The summed E-state index contributed by atoms with van der Waals surface area (Å²) in [5, 5.41) is 3.65. The van der Waals surface area contributed by atoms with E-state index in [0.717, 1.165) is 25.2 Å². The Labute approximate surface area is 220 Å². The Kier molecular flexibility index (Phi) is 9.99. The third-order valence-electron chi connectivity index (χ3n) is 6.85. The first kappa shape index (κ1) is 27.0. The Bertz CT molecular complexity index is 1000. The zero-order valence-corrected chi connectivity index (χ0v) is 21.3. The maximum atomic E-state index is 12.8. The van der Waals surface area contributed by atoms with E-state index in [1.165, 1.54) is 11.1 Å². The zero-order valence-electron chi connectivity index (χ0n) is 19.7. The van der Waals surface area contributed by atoms with Crippen molar-refractivity contribution in [3.63, 3.8) is 0 Å². The van der Waals surface area contributed by atoms with E-state index < -0.39 is 0 Å². The van der Waals surface area contributed by atoms with Gasteiger partial charge in [0.15, 0.2) is 0 Å². The second-order valence-corrected chi connectivity index (χ2v) is 8.90. The monoisotopic (exact) mass is 513 g/mol. The number of carbonyl (C=O) groups excluding carboxylic acids is 1. The van der Waals surface area contributed by atoms with Crippen molar-refractivity contribution in [2.24, 2.45) is 0 Å². The lowest BCUT2D eigenvalue weighted by Gasteiger charge is -2.50. The minimum absolute atomic E-state index is 0. The summed E-state index contributed by atoms with van der Waals surface area (Å²) in [6.07, 6.45) is -0.219. The van der Waals surface area contributed by atoms with E-state index in [2.05, 4.69) is 70.9 Å². The van der Waals surface area contributed by atoms with Gasteiger partial charge in [-0.3, -0.25) is 4.90 Å². The molecule has 3 aromatic rings. The van der Waals surface area contributed by atoms with Gasteiger partial charge in [-0.2, -0.15) is 0 Å². The molecule has 2 atom stereocenters. The standard InChI is InChI=1S/C28H31N3O2.2ClH/c32-28(33-21-22-10-4-1-5-11-22)30-16-17-31-25(20-30)18-29-19-26(31)27(23-12-6-2-7-13-23)24-14-8-3-9-15-24;;/h1-15,25-27,29H,16-21H2;2*1H/t25-,26+;;/m1../s1. The number of amides is 1. The number of nitrogens with one attached hydrogen (secondary N) is 1. The molecular weight excluding hydrogens is 481 g/mol. The van der Waals surface area contributed by atoms with E-state index in [4.69, 9.17) is 4.74 Å². The van der Waals surface area contributed by atoms with Crippen LogP contribution < -0.4 is 5.32 Å². The number of ether oxygens (including phenoxy) is 1. The molecule has 0 aliphatic carbocycles. The van der Waals surface area contributed by atoms with Crippen LogP contribution in [0.25, 0.3) is 0 Å². The van der Waals surface area contributed by atoms with Crippen LogP contribution in [0, 0.1) is 0 Å². The summed E-state index contributed by atoms with van der Waals surface area (Å²) >= 11 is 0. The number of nitrogens with zero attached hydrogens (tertiary/aromatic N) is 2. The predicted molar refractivity (Wildman–Crippen MR) is 145 cm³/mol. The molecule has 3 aromatic carbocycles. The third-order valence-corrected chi connectivity index (χ3v) is 6.85. The molecule has 2 saturated heterocycles. The molecule has 0 saturated carbocycles. The molecule has 2 aliphatic rings. The fourth-order valence-corrected chi connectivity index (χ4v) is 5.25. The van der Waals surface area contributed by atoms with Gasteiger partial charge >= 0.3 is 6.09 Å². The lowest BCUT2D eigenvalue weighted by molar-refractivity contribution is 0.00851. The molecule has 0 spiro atoms. The van der Waals surface area contributed by atoms with Crippen molar-refractivity contribution in [2.45, 2.75) is 24.6 Å². The maximum absolute atomic E-state index is 12.8. The molecule has 1 amide bonds. The topological polar surface area (TPSA) is 44.8 Å². The van der Waals surface area contributed by atoms with Crippen LogP contribution in [0.15, 0.2) is 91.0 Å². The fourth-order valence-electron chi connectivity index (χ4n) is 5.25. The second-order valence-electron chi connectivity index (χ2n) is 8.90. The van der Waals surface area contributed by atoms with Gasteiger partial charge in [0.25, 0.3) is 0 Å². The van der Waals surface area contributed by atoms with Crippen LogP contribution in [0.5, 0.6) is 0 Å². The number of halogens is 2. The van der Waals surface area contributed by atoms with Crippen molar-refractivity contribution in [3.8, 4) is 0 Å². The molecule has 2 fully saturated rings. The first-order valence-electron chi connectivity index (χ1n) is 11.8. The maximum Gasteiger partial charge on any atom is 0.410 e. The minimum atomic E-state index is -0.219. The summed E-state index contributed by atoms with van der Waals surface area (Å²) in [7, 11) is 0. The number of benzene rings is 3. The van der Waals surface area contributed by atoms with Gasteiger partial charge in [-0.15, -0.1) is 24.8 Å². The number of hydrogen-bond acceptors (Lipinski definition) is 4. The molecule has 5 nitrogen and oxygen atoms in total. The van der Waals surface area contributed by atoms with Crippen molar-refractivity contribution in [1.29, 1.82) is 0 Å². The SMILES string of the molecule is Cl.Cl.O=C(OCc1ccccc1)N1CCN2[C@H](CNC[C@H]2C(c2ccccc2)c2ccccc2)C1. The average Bonchev–Trinajstić information content (AvgIpc) is 2.89. The lowest BCUT2D eigenvalue weighted by Crippen LogP contribution is -2.66. The van der Waals surface area contributed by atoms with Crippen molar-refractivity contribution in [1.82, 2.24) is 15.1 Å². The van der Waals surface area contributed by atoms with Crippen LogP contribution in [0.3, 0.4) is 0 Å². The van der Waals surface area contributed by atoms with Crippen LogP contribution in [0.1, 0.15) is 22.6 Å². The summed E-state index contributed by atoms with van der Waals surface area (Å²) in [6, 6.07) is 32.1. The quantitative estimate of drug-likeness (QED) is 0.523. The molecule has 35 heavy (non-hydrogen) atoms. The average molecular weight is 514 g/mol. The Morgan fingerprint density at radius 3 is 2.00 bits per heavy atom. The predicted octanol–water partition coefficient (Wildman–Crippen LogP) is 4.96. The van der Waals surface area contributed by atoms with Crippen molar-refractivity contribution in [3.05, 3.63) is 108 Å². The minimum Gasteiger partial charge on any atom is -0.445 e. The smallest absolute Gasteiger partial charge is 0.410 e. The molecule has 2 heterocycles. The molecule has 0 bridgehead atoms. The molecule has 2 aliphatic heterocycles. The van der Waals surface area contributed by atoms with Gasteiger partial charge in [-0.1, -0.05) is 91.0 Å². The van der Waals surface area contributed by atoms with Crippen molar-refractivity contribution in [2.75, 3.05) is 32.7 Å². The number of hydrogen-bond donors (Lipinski definition) is 1. The van der Waals surface area contributed by atoms with Crippen LogP contribution in [0.4, 0.5) is 4.79 Å². The summed E-state index contributed by atoms with van der Waals surface area (Å²) < 4.78 is 5.61. The first-order valence-corrected chi connectivity index (χ1v) is 11.8. The third kappa shape index (κ3) is 6.36. The normalized spacial score (nSPS) is 19.7. The number of fused-ring (bicyclic) bond motifs is 1. The highest BCUT2D eigenvalue weighted by molar-refractivity contribution is 5.85. The summed E-state index contributed by atoms with van der Waals surface area (Å²) in [5.41, 5.74) is 3.68. The summed E-state index contributed by atoms with van der Waals surface area (Å²) in [5.74, 6) is 0.277. The molecule has 1 N–H and O–H groups in total. The molecular formula is C28H33Cl2N3O2. The van der Waals surface area contributed by atoms with E-state index >= 15 is 0 Å². The Morgan fingerprint density at radius 2 is 1.40 bits per heavy atom. The molecule has 7 heteroatoms. The van der Waals surface area contributed by atoms with Crippen LogP contribution >= 0.6 is 24.8 Å². The fraction of sp³-hybridized carbons (Fsp3) is 0.321. The van der Waals surface area contributed by atoms with E-state index in [1.54, 1.807) is 0 Å². The molecule has 186 valence electrons. The van der Waals surface area contributed by atoms with Gasteiger partial charge in [0.2, 0.25) is 0 Å². The number of rotatable bonds is 5. The Hall–Kier alpha value is -2.57. The highest BCUT2D eigenvalue weighted by atomic mass is 35.5. The Balaban J connectivity index is 0.00000171. The number of piperazine rings is 2. The van der Waals surface area contributed by atoms with Gasteiger partial charge in [-0.05, 0) is 16.7 Å². The number of carbonyl (C=O) groups is 1. The van der Waals surface area contributed by atoms with Gasteiger partial charge in [-0.25, -0.2) is 4.79 Å². The van der Waals surface area contributed by atoms with Gasteiger partial charge in [0, 0.05) is 50.7 Å². The van der Waals surface area contributed by atoms with Gasteiger partial charge < -0.3 is 15.0 Å². The highest BCUT2D eigenvalue weighted by Crippen LogP contribution is 2.34. The van der Waals surface area contributed by atoms with Crippen LogP contribution in [-0.4, -0.2) is 60.7 Å². The van der Waals surface area contributed by atoms with Gasteiger partial charge in [0.05, 0.1) is 0 Å². The van der Waals surface area contributed by atoms with Gasteiger partial charge in [0.1, 0.15) is 6.61 Å². The summed E-state index contributed by atoms with van der Waals surface area (Å²) in [4.78, 5) is 17.3. The summed E-state index contributed by atoms with van der Waals surface area (Å²) in [6.45, 7) is 4.37. The highest BCUT2D eigenvalue weighted by Gasteiger charge is 2.40. The largest absolute Gasteiger partial charge is 0.445 e. The van der Waals surface area contributed by atoms with E-state index in [0.29, 0.717) is 25.7 Å². The molecule has 5 rings (SSSR count). The van der Waals surface area contributed by atoms with Crippen molar-refractivity contribution < 1.29 is 9.53 Å². The van der Waals surface area contributed by atoms with Crippen molar-refractivity contribution >= 4 is 30.9 Å². The first-order chi connectivity index (χ1) is 16.3. The second kappa shape index (κ2) is 12.9. The molecule has 0 aromatic heterocycles.